The molecule has 0 bridgehead atoms. The first-order valence-corrected chi connectivity index (χ1v) is 9.92. The Hall–Kier alpha value is -0.0800. The van der Waals surface area contributed by atoms with E-state index in [0.29, 0.717) is 11.0 Å². The van der Waals surface area contributed by atoms with Crippen molar-refractivity contribution in [3.05, 3.63) is 28.2 Å². The normalized spacial score (nSPS) is 13.4. The summed E-state index contributed by atoms with van der Waals surface area (Å²) in [6.07, 6.45) is 0.811. The third-order valence-corrected chi connectivity index (χ3v) is 6.29. The summed E-state index contributed by atoms with van der Waals surface area (Å²) in [5.41, 5.74) is 6.36. The third kappa shape index (κ3) is 5.37. The fraction of sp³-hybridized carbons (Fsp3) is 0.538. The van der Waals surface area contributed by atoms with Crippen LogP contribution < -0.4 is 10.5 Å². The lowest BCUT2D eigenvalue weighted by Gasteiger charge is -2.15. The number of hydrogen-bond donors (Lipinski definition) is 2. The zero-order valence-corrected chi connectivity index (χ0v) is 14.9. The molecule has 4 nitrogen and oxygen atoms in total. The first-order valence-electron chi connectivity index (χ1n) is 6.49. The van der Waals surface area contributed by atoms with Crippen LogP contribution in [0.1, 0.15) is 25.8 Å². The van der Waals surface area contributed by atoms with Gasteiger partial charge in [0, 0.05) is 17.1 Å². The molecule has 1 unspecified atom stereocenters. The lowest BCUT2D eigenvalue weighted by molar-refractivity contribution is 0.556. The molecule has 0 saturated heterocycles. The van der Waals surface area contributed by atoms with E-state index in [9.17, 15) is 8.42 Å². The molecular weight excluding hydrogens is 360 g/mol. The summed E-state index contributed by atoms with van der Waals surface area (Å²) in [4.78, 5) is 0.246. The van der Waals surface area contributed by atoms with E-state index in [-0.39, 0.29) is 10.9 Å². The van der Waals surface area contributed by atoms with Gasteiger partial charge in [-0.3, -0.25) is 0 Å². The molecule has 1 rings (SSSR count). The molecule has 7 heteroatoms. The molecule has 0 fully saturated rings. The Labute approximate surface area is 134 Å². The van der Waals surface area contributed by atoms with Crippen LogP contribution in [0.5, 0.6) is 0 Å². The molecule has 1 atom stereocenters. The second kappa shape index (κ2) is 8.38. The Bertz CT molecular complexity index is 535. The van der Waals surface area contributed by atoms with Gasteiger partial charge in [0.15, 0.2) is 0 Å². The van der Waals surface area contributed by atoms with E-state index >= 15 is 0 Å². The van der Waals surface area contributed by atoms with Crippen LogP contribution in [-0.4, -0.2) is 26.0 Å². The van der Waals surface area contributed by atoms with Gasteiger partial charge in [0.2, 0.25) is 10.0 Å². The van der Waals surface area contributed by atoms with Gasteiger partial charge in [-0.2, -0.15) is 11.8 Å². The molecule has 0 amide bonds. The average Bonchev–Trinajstić information content (AvgIpc) is 2.38. The van der Waals surface area contributed by atoms with Crippen molar-refractivity contribution in [3.8, 4) is 0 Å². The van der Waals surface area contributed by atoms with Gasteiger partial charge in [0.1, 0.15) is 0 Å². The van der Waals surface area contributed by atoms with Crippen molar-refractivity contribution < 1.29 is 8.42 Å². The number of nitrogens with one attached hydrogen (secondary N) is 1. The maximum atomic E-state index is 12.4. The molecule has 0 aliphatic carbocycles. The summed E-state index contributed by atoms with van der Waals surface area (Å²) in [6.45, 7) is 4.29. The average molecular weight is 381 g/mol. The maximum absolute atomic E-state index is 12.4. The molecule has 1 aromatic rings. The standard InChI is InChI=1S/C13H21BrN2O2S2/c1-3-19-7-6-10(2)16-20(17,18)13-8-11(9-15)4-5-12(13)14/h4-5,8,10,16H,3,6-7,9,15H2,1-2H3. The lowest BCUT2D eigenvalue weighted by Crippen LogP contribution is -2.33. The maximum Gasteiger partial charge on any atom is 0.241 e. The van der Waals surface area contributed by atoms with E-state index in [2.05, 4.69) is 27.6 Å². The molecule has 114 valence electrons. The molecule has 20 heavy (non-hydrogen) atoms. The van der Waals surface area contributed by atoms with Gasteiger partial charge in [-0.1, -0.05) is 13.0 Å². The van der Waals surface area contributed by atoms with Crippen molar-refractivity contribution in [2.45, 2.75) is 37.8 Å². The van der Waals surface area contributed by atoms with Crippen molar-refractivity contribution in [1.82, 2.24) is 4.72 Å². The van der Waals surface area contributed by atoms with E-state index in [0.717, 1.165) is 23.5 Å². The third-order valence-electron chi connectivity index (χ3n) is 2.78. The zero-order chi connectivity index (χ0) is 15.2. The molecular formula is C13H21BrN2O2S2. The van der Waals surface area contributed by atoms with E-state index < -0.39 is 10.0 Å². The molecule has 3 N–H and O–H groups in total. The van der Waals surface area contributed by atoms with Gasteiger partial charge in [0.05, 0.1) is 4.90 Å². The molecule has 0 saturated carbocycles. The number of hydrogen-bond acceptors (Lipinski definition) is 4. The molecule has 0 aliphatic heterocycles. The first kappa shape index (κ1) is 18.0. The van der Waals surface area contributed by atoms with E-state index in [1.54, 1.807) is 23.9 Å². The van der Waals surface area contributed by atoms with Crippen LogP contribution in [0.2, 0.25) is 0 Å². The highest BCUT2D eigenvalue weighted by atomic mass is 79.9. The highest BCUT2D eigenvalue weighted by Gasteiger charge is 2.20. The second-order valence-corrected chi connectivity index (χ2v) is 8.41. The molecule has 0 heterocycles. The number of nitrogens with two attached hydrogens (primary N) is 1. The summed E-state index contributed by atoms with van der Waals surface area (Å²) in [5, 5.41) is 0. The Morgan fingerprint density at radius 3 is 2.75 bits per heavy atom. The number of thioether (sulfide) groups is 1. The quantitative estimate of drug-likeness (QED) is 0.680. The monoisotopic (exact) mass is 380 g/mol. The van der Waals surface area contributed by atoms with Crippen LogP contribution in [0.25, 0.3) is 0 Å². The minimum absolute atomic E-state index is 0.0903. The van der Waals surface area contributed by atoms with Crippen molar-refractivity contribution in [2.75, 3.05) is 11.5 Å². The summed E-state index contributed by atoms with van der Waals surface area (Å²) in [5.74, 6) is 1.99. The highest BCUT2D eigenvalue weighted by molar-refractivity contribution is 9.10. The van der Waals surface area contributed by atoms with E-state index in [4.69, 9.17) is 5.73 Å². The largest absolute Gasteiger partial charge is 0.326 e. The van der Waals surface area contributed by atoms with Gasteiger partial charge in [0.25, 0.3) is 0 Å². The van der Waals surface area contributed by atoms with E-state index in [1.807, 2.05) is 13.0 Å². The zero-order valence-electron chi connectivity index (χ0n) is 11.7. The van der Waals surface area contributed by atoms with Crippen molar-refractivity contribution >= 4 is 37.7 Å². The predicted molar refractivity (Wildman–Crippen MR) is 89.4 cm³/mol. The molecule has 1 aromatic carbocycles. The van der Waals surface area contributed by atoms with Gasteiger partial charge < -0.3 is 5.73 Å². The van der Waals surface area contributed by atoms with Crippen LogP contribution in [0.3, 0.4) is 0 Å². The van der Waals surface area contributed by atoms with Crippen LogP contribution in [-0.2, 0) is 16.6 Å². The topological polar surface area (TPSA) is 72.2 Å². The molecule has 0 spiro atoms. The number of halogens is 1. The summed E-state index contributed by atoms with van der Waals surface area (Å²) < 4.78 is 28.0. The molecule has 0 radical (unpaired) electrons. The number of rotatable bonds is 8. The Morgan fingerprint density at radius 1 is 1.45 bits per heavy atom. The van der Waals surface area contributed by atoms with Crippen molar-refractivity contribution in [1.29, 1.82) is 0 Å². The van der Waals surface area contributed by atoms with Gasteiger partial charge >= 0.3 is 0 Å². The summed E-state index contributed by atoms with van der Waals surface area (Å²) in [7, 11) is -3.52. The fourth-order valence-electron chi connectivity index (χ4n) is 1.67. The Kier molecular flexibility index (Phi) is 7.53. The van der Waals surface area contributed by atoms with Crippen molar-refractivity contribution in [2.24, 2.45) is 5.73 Å². The minimum Gasteiger partial charge on any atom is -0.326 e. The first-order chi connectivity index (χ1) is 9.40. The van der Waals surface area contributed by atoms with Crippen molar-refractivity contribution in [3.63, 3.8) is 0 Å². The molecule has 0 aromatic heterocycles. The van der Waals surface area contributed by atoms with Crippen LogP contribution in [0.15, 0.2) is 27.6 Å². The highest BCUT2D eigenvalue weighted by Crippen LogP contribution is 2.23. The summed E-state index contributed by atoms with van der Waals surface area (Å²) >= 11 is 5.09. The van der Waals surface area contributed by atoms with Crippen LogP contribution in [0.4, 0.5) is 0 Å². The summed E-state index contributed by atoms with van der Waals surface area (Å²) in [6, 6.07) is 5.05. The number of sulfonamides is 1. The van der Waals surface area contributed by atoms with Crippen LogP contribution >= 0.6 is 27.7 Å². The van der Waals surface area contributed by atoms with Gasteiger partial charge in [-0.25, -0.2) is 13.1 Å². The van der Waals surface area contributed by atoms with Gasteiger partial charge in [-0.05, 0) is 58.5 Å². The predicted octanol–water partition coefficient (Wildman–Crippen LogP) is 2.72. The Balaban J connectivity index is 2.83. The fourth-order valence-corrected chi connectivity index (χ4v) is 4.77. The lowest BCUT2D eigenvalue weighted by atomic mass is 10.2. The number of benzene rings is 1. The van der Waals surface area contributed by atoms with E-state index in [1.165, 1.54) is 0 Å². The van der Waals surface area contributed by atoms with Gasteiger partial charge in [-0.15, -0.1) is 0 Å². The second-order valence-electron chi connectivity index (χ2n) is 4.48. The smallest absolute Gasteiger partial charge is 0.241 e. The van der Waals surface area contributed by atoms with Crippen LogP contribution in [0, 0.1) is 0 Å². The Morgan fingerprint density at radius 2 is 2.15 bits per heavy atom. The SMILES string of the molecule is CCSCCC(C)NS(=O)(=O)c1cc(CN)ccc1Br. The minimum atomic E-state index is -3.52. The molecule has 0 aliphatic rings.